The molecule has 0 spiro atoms. The Morgan fingerprint density at radius 2 is 2.29 bits per heavy atom. The summed E-state index contributed by atoms with van der Waals surface area (Å²) in [5.41, 5.74) is 0.760. The van der Waals surface area contributed by atoms with Gasteiger partial charge < -0.3 is 9.64 Å². The number of nitriles is 1. The van der Waals surface area contributed by atoms with E-state index in [1.54, 1.807) is 13.1 Å². The zero-order chi connectivity index (χ0) is 12.8. The standard InChI is InChI=1S/C13H16N2O2/c1-4-17-12-7-5-6-11(8-12)13(9-14)15(3)10(2)16/h5-8,13H,4H2,1-3H3. The Kier molecular flexibility index (Phi) is 4.53. The van der Waals surface area contributed by atoms with Gasteiger partial charge in [-0.2, -0.15) is 5.26 Å². The molecule has 4 heteroatoms. The molecule has 1 aromatic carbocycles. The molecule has 0 saturated carbocycles. The summed E-state index contributed by atoms with van der Waals surface area (Å²) in [6, 6.07) is 8.79. The Bertz CT molecular complexity index is 437. The molecule has 0 bridgehead atoms. The van der Waals surface area contributed by atoms with Gasteiger partial charge >= 0.3 is 0 Å². The topological polar surface area (TPSA) is 53.3 Å². The van der Waals surface area contributed by atoms with Crippen LogP contribution in [-0.2, 0) is 4.79 Å². The molecule has 4 nitrogen and oxygen atoms in total. The average molecular weight is 232 g/mol. The second kappa shape index (κ2) is 5.90. The molecule has 0 radical (unpaired) electrons. The molecule has 0 aliphatic carbocycles. The van der Waals surface area contributed by atoms with Crippen molar-refractivity contribution in [3.63, 3.8) is 0 Å². The molecule has 1 amide bonds. The van der Waals surface area contributed by atoms with Gasteiger partial charge in [-0.25, -0.2) is 0 Å². The molecule has 0 heterocycles. The fourth-order valence-electron chi connectivity index (χ4n) is 1.51. The highest BCUT2D eigenvalue weighted by Gasteiger charge is 2.18. The zero-order valence-electron chi connectivity index (χ0n) is 10.3. The van der Waals surface area contributed by atoms with Crippen LogP contribution in [0.5, 0.6) is 5.75 Å². The van der Waals surface area contributed by atoms with Gasteiger partial charge in [-0.3, -0.25) is 4.79 Å². The molecular weight excluding hydrogens is 216 g/mol. The quantitative estimate of drug-likeness (QED) is 0.799. The Morgan fingerprint density at radius 3 is 2.82 bits per heavy atom. The highest BCUT2D eigenvalue weighted by molar-refractivity contribution is 5.74. The van der Waals surface area contributed by atoms with Crippen LogP contribution in [0.2, 0.25) is 0 Å². The number of hydrogen-bond donors (Lipinski definition) is 0. The molecule has 0 saturated heterocycles. The molecule has 1 aromatic rings. The summed E-state index contributed by atoms with van der Waals surface area (Å²) < 4.78 is 5.37. The van der Waals surface area contributed by atoms with Crippen LogP contribution >= 0.6 is 0 Å². The number of ether oxygens (including phenoxy) is 1. The van der Waals surface area contributed by atoms with Crippen LogP contribution in [0, 0.1) is 11.3 Å². The third-order valence-corrected chi connectivity index (χ3v) is 2.49. The number of nitrogens with zero attached hydrogens (tertiary/aromatic N) is 2. The molecule has 1 unspecified atom stereocenters. The number of hydrogen-bond acceptors (Lipinski definition) is 3. The maximum atomic E-state index is 11.3. The van der Waals surface area contributed by atoms with E-state index in [4.69, 9.17) is 10.00 Å². The largest absolute Gasteiger partial charge is 0.494 e. The first kappa shape index (κ1) is 13.0. The lowest BCUT2D eigenvalue weighted by molar-refractivity contribution is -0.128. The first-order valence-electron chi connectivity index (χ1n) is 5.46. The summed E-state index contributed by atoms with van der Waals surface area (Å²) in [6.07, 6.45) is 0. The summed E-state index contributed by atoms with van der Waals surface area (Å²) in [6.45, 7) is 3.91. The number of carbonyl (C=O) groups is 1. The Hall–Kier alpha value is -2.02. The van der Waals surface area contributed by atoms with Gasteiger partial charge in [-0.15, -0.1) is 0 Å². The van der Waals surface area contributed by atoms with E-state index >= 15 is 0 Å². The van der Waals surface area contributed by atoms with Crippen molar-refractivity contribution in [1.29, 1.82) is 5.26 Å². The fourth-order valence-corrected chi connectivity index (χ4v) is 1.51. The number of benzene rings is 1. The van der Waals surface area contributed by atoms with Gasteiger partial charge in [-0.1, -0.05) is 12.1 Å². The van der Waals surface area contributed by atoms with Crippen molar-refractivity contribution in [2.45, 2.75) is 19.9 Å². The number of carbonyl (C=O) groups excluding carboxylic acids is 1. The van der Waals surface area contributed by atoms with Crippen LogP contribution in [0.15, 0.2) is 24.3 Å². The van der Waals surface area contributed by atoms with E-state index in [1.807, 2.05) is 25.1 Å². The van der Waals surface area contributed by atoms with Crippen molar-refractivity contribution in [1.82, 2.24) is 4.90 Å². The van der Waals surface area contributed by atoms with E-state index in [-0.39, 0.29) is 5.91 Å². The van der Waals surface area contributed by atoms with Crippen molar-refractivity contribution in [3.8, 4) is 11.8 Å². The minimum atomic E-state index is -0.576. The SMILES string of the molecule is CCOc1cccc(C(C#N)N(C)C(C)=O)c1. The molecule has 1 rings (SSSR count). The van der Waals surface area contributed by atoms with Crippen LogP contribution in [0.4, 0.5) is 0 Å². The van der Waals surface area contributed by atoms with Crippen LogP contribution < -0.4 is 4.74 Å². The molecule has 0 N–H and O–H groups in total. The van der Waals surface area contributed by atoms with Crippen molar-refractivity contribution in [3.05, 3.63) is 29.8 Å². The lowest BCUT2D eigenvalue weighted by Crippen LogP contribution is -2.28. The third-order valence-electron chi connectivity index (χ3n) is 2.49. The minimum Gasteiger partial charge on any atom is -0.494 e. The predicted molar refractivity (Wildman–Crippen MR) is 64.4 cm³/mol. The maximum Gasteiger partial charge on any atom is 0.220 e. The van der Waals surface area contributed by atoms with Gasteiger partial charge in [0, 0.05) is 14.0 Å². The molecule has 0 aliphatic heterocycles. The van der Waals surface area contributed by atoms with Gasteiger partial charge in [0.05, 0.1) is 12.7 Å². The van der Waals surface area contributed by atoms with E-state index in [9.17, 15) is 4.79 Å². The van der Waals surface area contributed by atoms with Crippen LogP contribution in [0.1, 0.15) is 25.5 Å². The lowest BCUT2D eigenvalue weighted by atomic mass is 10.1. The molecule has 0 aromatic heterocycles. The molecule has 17 heavy (non-hydrogen) atoms. The Morgan fingerprint density at radius 1 is 1.59 bits per heavy atom. The van der Waals surface area contributed by atoms with Crippen molar-refractivity contribution in [2.24, 2.45) is 0 Å². The summed E-state index contributed by atoms with van der Waals surface area (Å²) >= 11 is 0. The fraction of sp³-hybridized carbons (Fsp3) is 0.385. The van der Waals surface area contributed by atoms with E-state index in [0.29, 0.717) is 12.4 Å². The van der Waals surface area contributed by atoms with E-state index in [2.05, 4.69) is 6.07 Å². The first-order valence-corrected chi connectivity index (χ1v) is 5.46. The summed E-state index contributed by atoms with van der Waals surface area (Å²) in [4.78, 5) is 12.7. The van der Waals surface area contributed by atoms with Crippen molar-refractivity contribution >= 4 is 5.91 Å². The van der Waals surface area contributed by atoms with E-state index < -0.39 is 6.04 Å². The molecule has 90 valence electrons. The molecule has 0 fully saturated rings. The summed E-state index contributed by atoms with van der Waals surface area (Å²) in [5.74, 6) is 0.570. The van der Waals surface area contributed by atoms with Crippen LogP contribution in [0.25, 0.3) is 0 Å². The highest BCUT2D eigenvalue weighted by atomic mass is 16.5. The van der Waals surface area contributed by atoms with Gasteiger partial charge in [-0.05, 0) is 24.6 Å². The van der Waals surface area contributed by atoms with Gasteiger partial charge in [0.15, 0.2) is 0 Å². The van der Waals surface area contributed by atoms with E-state index in [0.717, 1.165) is 5.56 Å². The van der Waals surface area contributed by atoms with Crippen LogP contribution in [0.3, 0.4) is 0 Å². The Labute approximate surface area is 101 Å². The van der Waals surface area contributed by atoms with Gasteiger partial charge in [0.25, 0.3) is 0 Å². The molecule has 0 aliphatic rings. The average Bonchev–Trinajstić information content (AvgIpc) is 2.30. The predicted octanol–water partition coefficient (Wildman–Crippen LogP) is 2.13. The Balaban J connectivity index is 3.00. The summed E-state index contributed by atoms with van der Waals surface area (Å²) in [7, 11) is 1.61. The molecule has 1 atom stereocenters. The third kappa shape index (κ3) is 3.22. The maximum absolute atomic E-state index is 11.3. The van der Waals surface area contributed by atoms with Crippen molar-refractivity contribution in [2.75, 3.05) is 13.7 Å². The van der Waals surface area contributed by atoms with Crippen LogP contribution in [-0.4, -0.2) is 24.5 Å². The lowest BCUT2D eigenvalue weighted by Gasteiger charge is -2.21. The highest BCUT2D eigenvalue weighted by Crippen LogP contribution is 2.23. The van der Waals surface area contributed by atoms with E-state index in [1.165, 1.54) is 11.8 Å². The first-order chi connectivity index (χ1) is 8.10. The second-order valence-corrected chi connectivity index (χ2v) is 3.67. The van der Waals surface area contributed by atoms with Crippen molar-refractivity contribution < 1.29 is 9.53 Å². The van der Waals surface area contributed by atoms with Gasteiger partial charge in [0.1, 0.15) is 11.8 Å². The monoisotopic (exact) mass is 232 g/mol. The normalized spacial score (nSPS) is 11.4. The minimum absolute atomic E-state index is 0.140. The zero-order valence-corrected chi connectivity index (χ0v) is 10.3. The molecular formula is C13H16N2O2. The smallest absolute Gasteiger partial charge is 0.220 e. The number of amides is 1. The van der Waals surface area contributed by atoms with Gasteiger partial charge in [0.2, 0.25) is 5.91 Å². The second-order valence-electron chi connectivity index (χ2n) is 3.67. The number of rotatable bonds is 4. The summed E-state index contributed by atoms with van der Waals surface area (Å²) in [5, 5.41) is 9.13.